The molecule has 1 amide bonds. The molecular weight excluding hydrogens is 380 g/mol. The van der Waals surface area contributed by atoms with Crippen LogP contribution in [0.1, 0.15) is 29.4 Å². The number of methoxy groups -OCH3 is 1. The Morgan fingerprint density at radius 1 is 1.37 bits per heavy atom. The fourth-order valence-corrected chi connectivity index (χ4v) is 2.84. The maximum atomic E-state index is 14.3. The summed E-state index contributed by atoms with van der Waals surface area (Å²) < 4.78 is 44.5. The standard InChI is InChI=1S/C16H16FN2O2P.C2H4F2O/c1-8-2-4-11-12(10-5-3-9(22)6-13(10)17)7-14(15(18)20)19-16(11)21-8;1-5-2(3)4/h3,5-8H,2,4,22H2,1H3,(H2,18,20);2H,1H3. The van der Waals surface area contributed by atoms with Crippen LogP contribution >= 0.6 is 9.24 Å². The van der Waals surface area contributed by atoms with Crippen molar-refractivity contribution in [3.63, 3.8) is 0 Å². The van der Waals surface area contributed by atoms with Crippen LogP contribution in [0.25, 0.3) is 11.1 Å². The molecule has 2 atom stereocenters. The third-order valence-electron chi connectivity index (χ3n) is 3.91. The minimum Gasteiger partial charge on any atom is -0.474 e. The second-order valence-corrected chi connectivity index (χ2v) is 6.57. The highest BCUT2D eigenvalue weighted by atomic mass is 31.0. The van der Waals surface area contributed by atoms with Gasteiger partial charge in [-0.15, -0.1) is 9.24 Å². The van der Waals surface area contributed by atoms with Gasteiger partial charge in [-0.1, -0.05) is 12.1 Å². The van der Waals surface area contributed by atoms with Gasteiger partial charge >= 0.3 is 6.61 Å². The molecule has 0 spiro atoms. The Balaban J connectivity index is 0.000000465. The van der Waals surface area contributed by atoms with E-state index in [1.54, 1.807) is 18.2 Å². The van der Waals surface area contributed by atoms with Gasteiger partial charge in [0.25, 0.3) is 5.91 Å². The number of fused-ring (bicyclic) bond motifs is 1. The molecule has 0 saturated heterocycles. The number of amides is 1. The van der Waals surface area contributed by atoms with Crippen LogP contribution in [0.4, 0.5) is 13.2 Å². The highest BCUT2D eigenvalue weighted by Gasteiger charge is 2.24. The molecule has 1 aromatic heterocycles. The Morgan fingerprint density at radius 2 is 2.04 bits per heavy atom. The normalized spacial score (nSPS) is 15.4. The number of benzene rings is 1. The molecule has 1 aromatic carbocycles. The van der Waals surface area contributed by atoms with Gasteiger partial charge in [0.2, 0.25) is 5.88 Å². The first kappa shape index (κ1) is 21.1. The second kappa shape index (κ2) is 9.15. The Kier molecular flexibility index (Phi) is 7.16. The summed E-state index contributed by atoms with van der Waals surface area (Å²) in [6, 6.07) is 6.46. The van der Waals surface area contributed by atoms with Gasteiger partial charge in [-0.3, -0.25) is 4.79 Å². The third kappa shape index (κ3) is 5.40. The van der Waals surface area contributed by atoms with Gasteiger partial charge in [0.1, 0.15) is 11.5 Å². The molecular formula is C18H20F3N2O3P. The molecule has 1 aliphatic heterocycles. The topological polar surface area (TPSA) is 74.4 Å². The summed E-state index contributed by atoms with van der Waals surface area (Å²) in [5.41, 5.74) is 7.28. The number of carbonyl (C=O) groups is 1. The lowest BCUT2D eigenvalue weighted by Gasteiger charge is -2.25. The summed E-state index contributed by atoms with van der Waals surface area (Å²) in [4.78, 5) is 15.7. The molecule has 0 fully saturated rings. The summed E-state index contributed by atoms with van der Waals surface area (Å²) in [5.74, 6) is -0.636. The number of hydrogen-bond acceptors (Lipinski definition) is 4. The third-order valence-corrected chi connectivity index (χ3v) is 4.27. The Labute approximate surface area is 157 Å². The van der Waals surface area contributed by atoms with Crippen molar-refractivity contribution in [2.24, 2.45) is 5.73 Å². The molecule has 2 N–H and O–H groups in total. The maximum absolute atomic E-state index is 14.3. The number of ether oxygens (including phenoxy) is 2. The van der Waals surface area contributed by atoms with Crippen molar-refractivity contribution in [1.29, 1.82) is 0 Å². The van der Waals surface area contributed by atoms with Crippen LogP contribution in [0.5, 0.6) is 5.88 Å². The fourth-order valence-electron chi connectivity index (χ4n) is 2.60. The van der Waals surface area contributed by atoms with Crippen LogP contribution in [0, 0.1) is 5.82 Å². The lowest BCUT2D eigenvalue weighted by molar-refractivity contribution is -0.105. The number of nitrogens with two attached hydrogens (primary N) is 1. The smallest absolute Gasteiger partial charge is 0.345 e. The van der Waals surface area contributed by atoms with Crippen molar-refractivity contribution < 1.29 is 27.4 Å². The SMILES string of the molecule is CC1CCc2c(-c3ccc(P)cc3F)cc(C(N)=O)nc2O1.COC(F)F. The number of pyridine rings is 1. The number of nitrogens with zero attached hydrogens (tertiary/aromatic N) is 1. The van der Waals surface area contributed by atoms with Crippen molar-refractivity contribution in [3.05, 3.63) is 41.3 Å². The van der Waals surface area contributed by atoms with Crippen molar-refractivity contribution in [2.45, 2.75) is 32.5 Å². The van der Waals surface area contributed by atoms with E-state index in [0.717, 1.165) is 30.8 Å². The second-order valence-electron chi connectivity index (χ2n) is 5.91. The summed E-state index contributed by atoms with van der Waals surface area (Å²) >= 11 is 0. The maximum Gasteiger partial charge on any atom is 0.345 e. The molecule has 1 aliphatic rings. The van der Waals surface area contributed by atoms with Crippen molar-refractivity contribution >= 4 is 20.5 Å². The first-order chi connectivity index (χ1) is 12.7. The fraction of sp³-hybridized carbons (Fsp3) is 0.333. The van der Waals surface area contributed by atoms with Gasteiger partial charge in [-0.2, -0.15) is 8.78 Å². The summed E-state index contributed by atoms with van der Waals surface area (Å²) in [7, 11) is 3.40. The van der Waals surface area contributed by atoms with Crippen molar-refractivity contribution in [2.75, 3.05) is 7.11 Å². The molecule has 5 nitrogen and oxygen atoms in total. The van der Waals surface area contributed by atoms with E-state index in [-0.39, 0.29) is 17.6 Å². The zero-order valence-electron chi connectivity index (χ0n) is 14.8. The minimum absolute atomic E-state index is 0.00948. The molecule has 0 radical (unpaired) electrons. The Hall–Kier alpha value is -2.18. The molecule has 3 rings (SSSR count). The lowest BCUT2D eigenvalue weighted by atomic mass is 9.94. The minimum atomic E-state index is -2.62. The van der Waals surface area contributed by atoms with Gasteiger partial charge < -0.3 is 15.2 Å². The molecule has 0 aliphatic carbocycles. The zero-order valence-corrected chi connectivity index (χ0v) is 16.0. The van der Waals surface area contributed by atoms with Gasteiger partial charge in [-0.05, 0) is 42.8 Å². The molecule has 9 heteroatoms. The van der Waals surface area contributed by atoms with Crippen LogP contribution in [0.3, 0.4) is 0 Å². The van der Waals surface area contributed by atoms with Crippen LogP contribution in [0.15, 0.2) is 24.3 Å². The van der Waals surface area contributed by atoms with E-state index in [9.17, 15) is 18.0 Å². The number of aromatic nitrogens is 1. The van der Waals surface area contributed by atoms with Gasteiger partial charge in [0.05, 0.1) is 6.10 Å². The van der Waals surface area contributed by atoms with Gasteiger partial charge in [0, 0.05) is 18.2 Å². The van der Waals surface area contributed by atoms with E-state index in [1.165, 1.54) is 6.07 Å². The van der Waals surface area contributed by atoms with E-state index in [2.05, 4.69) is 19.0 Å². The van der Waals surface area contributed by atoms with Crippen molar-refractivity contribution in [1.82, 2.24) is 4.98 Å². The first-order valence-electron chi connectivity index (χ1n) is 8.09. The van der Waals surface area contributed by atoms with E-state index in [0.29, 0.717) is 17.0 Å². The largest absolute Gasteiger partial charge is 0.474 e. The molecule has 0 bridgehead atoms. The quantitative estimate of drug-likeness (QED) is 0.804. The lowest BCUT2D eigenvalue weighted by Crippen LogP contribution is -2.23. The number of rotatable bonds is 3. The number of hydrogen-bond donors (Lipinski definition) is 1. The van der Waals surface area contributed by atoms with E-state index < -0.39 is 12.5 Å². The first-order valence-corrected chi connectivity index (χ1v) is 8.67. The summed E-state index contributed by atoms with van der Waals surface area (Å²) in [5, 5.41) is 0.754. The number of primary amides is 1. The molecule has 2 aromatic rings. The highest BCUT2D eigenvalue weighted by Crippen LogP contribution is 2.36. The predicted octanol–water partition coefficient (Wildman–Crippen LogP) is 3.06. The van der Waals surface area contributed by atoms with E-state index in [4.69, 9.17) is 10.5 Å². The number of alkyl halides is 2. The number of carbonyl (C=O) groups excluding carboxylic acids is 1. The molecule has 2 heterocycles. The average Bonchev–Trinajstić information content (AvgIpc) is 2.61. The van der Waals surface area contributed by atoms with Gasteiger partial charge in [0.15, 0.2) is 0 Å². The van der Waals surface area contributed by atoms with Crippen LogP contribution in [-0.2, 0) is 11.2 Å². The van der Waals surface area contributed by atoms with E-state index in [1.807, 2.05) is 6.92 Å². The van der Waals surface area contributed by atoms with Crippen LogP contribution < -0.4 is 15.8 Å². The predicted molar refractivity (Wildman–Crippen MR) is 98.9 cm³/mol. The van der Waals surface area contributed by atoms with Crippen molar-refractivity contribution in [3.8, 4) is 17.0 Å². The Bertz CT molecular complexity index is 834. The average molecular weight is 400 g/mol. The Morgan fingerprint density at radius 3 is 2.59 bits per heavy atom. The van der Waals surface area contributed by atoms with E-state index >= 15 is 0 Å². The van der Waals surface area contributed by atoms with Crippen LogP contribution in [0.2, 0.25) is 0 Å². The molecule has 146 valence electrons. The molecule has 0 saturated carbocycles. The van der Waals surface area contributed by atoms with Gasteiger partial charge in [-0.25, -0.2) is 9.37 Å². The summed E-state index contributed by atoms with van der Waals surface area (Å²) in [6.07, 6.45) is 1.55. The molecule has 2 unspecified atom stereocenters. The zero-order chi connectivity index (χ0) is 20.1. The number of halogens is 3. The summed E-state index contributed by atoms with van der Waals surface area (Å²) in [6.45, 7) is -0.680. The highest BCUT2D eigenvalue weighted by molar-refractivity contribution is 7.27. The molecule has 27 heavy (non-hydrogen) atoms. The van der Waals surface area contributed by atoms with Crippen LogP contribution in [-0.4, -0.2) is 30.7 Å². The monoisotopic (exact) mass is 400 g/mol.